The van der Waals surface area contributed by atoms with Gasteiger partial charge in [0.15, 0.2) is 11.5 Å². The van der Waals surface area contributed by atoms with E-state index in [-0.39, 0.29) is 0 Å². The molecule has 0 aliphatic rings. The van der Waals surface area contributed by atoms with E-state index in [9.17, 15) is 0 Å². The fourth-order valence-corrected chi connectivity index (χ4v) is 1.56. The van der Waals surface area contributed by atoms with E-state index in [2.05, 4.69) is 15.3 Å². The zero-order valence-corrected chi connectivity index (χ0v) is 8.50. The van der Waals surface area contributed by atoms with Crippen LogP contribution in [0.3, 0.4) is 0 Å². The molecule has 0 saturated heterocycles. The molecule has 3 aromatic heterocycles. The molecule has 16 heavy (non-hydrogen) atoms. The van der Waals surface area contributed by atoms with Gasteiger partial charge in [-0.25, -0.2) is 9.97 Å². The maximum Gasteiger partial charge on any atom is 0.180 e. The van der Waals surface area contributed by atoms with Crippen molar-refractivity contribution < 1.29 is 4.42 Å². The van der Waals surface area contributed by atoms with Gasteiger partial charge in [0.05, 0.1) is 12.8 Å². The van der Waals surface area contributed by atoms with E-state index in [0.29, 0.717) is 6.54 Å². The van der Waals surface area contributed by atoms with Crippen LogP contribution in [0.25, 0.3) is 5.65 Å². The molecule has 0 bridgehead atoms. The molecule has 0 radical (unpaired) electrons. The van der Waals surface area contributed by atoms with Gasteiger partial charge in [-0.05, 0) is 12.1 Å². The maximum atomic E-state index is 5.23. The number of fused-ring (bicyclic) bond motifs is 1. The average Bonchev–Trinajstić information content (AvgIpc) is 2.97. The lowest BCUT2D eigenvalue weighted by Gasteiger charge is -2.04. The molecule has 0 aliphatic carbocycles. The molecule has 5 nitrogen and oxygen atoms in total. The first-order valence-corrected chi connectivity index (χ1v) is 4.97. The van der Waals surface area contributed by atoms with Crippen molar-refractivity contribution in [1.82, 2.24) is 14.4 Å². The summed E-state index contributed by atoms with van der Waals surface area (Å²) in [5.74, 6) is 1.62. The highest BCUT2D eigenvalue weighted by Gasteiger charge is 2.03. The fraction of sp³-hybridized carbons (Fsp3) is 0.0909. The third-order valence-corrected chi connectivity index (χ3v) is 2.32. The largest absolute Gasteiger partial charge is 0.467 e. The topological polar surface area (TPSA) is 55.4 Å². The van der Waals surface area contributed by atoms with Crippen LogP contribution in [0.4, 0.5) is 5.82 Å². The third-order valence-electron chi connectivity index (χ3n) is 2.32. The zero-order valence-electron chi connectivity index (χ0n) is 8.50. The molecule has 5 heteroatoms. The van der Waals surface area contributed by atoms with Gasteiger partial charge in [0.25, 0.3) is 0 Å². The van der Waals surface area contributed by atoms with Gasteiger partial charge >= 0.3 is 0 Å². The summed E-state index contributed by atoms with van der Waals surface area (Å²) in [6.45, 7) is 0.604. The van der Waals surface area contributed by atoms with E-state index >= 15 is 0 Å². The normalized spacial score (nSPS) is 10.8. The van der Waals surface area contributed by atoms with E-state index in [4.69, 9.17) is 4.42 Å². The smallest absolute Gasteiger partial charge is 0.180 e. The van der Waals surface area contributed by atoms with Crippen LogP contribution in [-0.4, -0.2) is 14.4 Å². The fourth-order valence-electron chi connectivity index (χ4n) is 1.56. The lowest BCUT2D eigenvalue weighted by molar-refractivity contribution is 0.518. The Morgan fingerprint density at radius 1 is 1.25 bits per heavy atom. The van der Waals surface area contributed by atoms with E-state index in [1.54, 1.807) is 18.7 Å². The van der Waals surface area contributed by atoms with Gasteiger partial charge in [-0.1, -0.05) is 0 Å². The molecule has 0 spiro atoms. The minimum Gasteiger partial charge on any atom is -0.467 e. The Morgan fingerprint density at radius 2 is 2.12 bits per heavy atom. The van der Waals surface area contributed by atoms with Gasteiger partial charge < -0.3 is 14.1 Å². The van der Waals surface area contributed by atoms with Crippen molar-refractivity contribution in [1.29, 1.82) is 0 Å². The minimum atomic E-state index is 0.604. The van der Waals surface area contributed by atoms with Crippen LogP contribution in [0.1, 0.15) is 5.76 Å². The molecular weight excluding hydrogens is 204 g/mol. The number of furan rings is 1. The van der Waals surface area contributed by atoms with E-state index in [1.165, 1.54) is 0 Å². The van der Waals surface area contributed by atoms with Crippen molar-refractivity contribution in [2.75, 3.05) is 5.32 Å². The van der Waals surface area contributed by atoms with Crippen molar-refractivity contribution in [3.63, 3.8) is 0 Å². The van der Waals surface area contributed by atoms with Gasteiger partial charge in [0.2, 0.25) is 0 Å². The Kier molecular flexibility index (Phi) is 2.07. The Morgan fingerprint density at radius 3 is 2.94 bits per heavy atom. The number of anilines is 1. The molecule has 0 fully saturated rings. The van der Waals surface area contributed by atoms with E-state index < -0.39 is 0 Å². The number of imidazole rings is 1. The molecule has 0 aromatic carbocycles. The second kappa shape index (κ2) is 3.69. The number of hydrogen-bond acceptors (Lipinski definition) is 4. The van der Waals surface area contributed by atoms with Crippen LogP contribution < -0.4 is 5.32 Å². The number of aromatic nitrogens is 3. The van der Waals surface area contributed by atoms with E-state index in [0.717, 1.165) is 17.2 Å². The first-order valence-electron chi connectivity index (χ1n) is 4.97. The summed E-state index contributed by atoms with van der Waals surface area (Å²) >= 11 is 0. The van der Waals surface area contributed by atoms with Crippen LogP contribution in [0.2, 0.25) is 0 Å². The predicted molar refractivity (Wildman–Crippen MR) is 59.0 cm³/mol. The molecule has 0 saturated carbocycles. The van der Waals surface area contributed by atoms with Crippen LogP contribution in [0, 0.1) is 0 Å². The number of hydrogen-bond donors (Lipinski definition) is 1. The molecule has 0 unspecified atom stereocenters. The number of nitrogens with zero attached hydrogens (tertiary/aromatic N) is 3. The molecule has 3 rings (SSSR count). The second-order valence-electron chi connectivity index (χ2n) is 3.37. The Hall–Kier alpha value is -2.30. The summed E-state index contributed by atoms with van der Waals surface area (Å²) in [4.78, 5) is 8.47. The van der Waals surface area contributed by atoms with Crippen LogP contribution >= 0.6 is 0 Å². The number of rotatable bonds is 3. The molecule has 1 N–H and O–H groups in total. The summed E-state index contributed by atoms with van der Waals surface area (Å²) < 4.78 is 7.15. The quantitative estimate of drug-likeness (QED) is 0.723. The number of nitrogens with one attached hydrogen (secondary N) is 1. The predicted octanol–water partition coefficient (Wildman–Crippen LogP) is 1.93. The van der Waals surface area contributed by atoms with Crippen LogP contribution in [-0.2, 0) is 6.54 Å². The maximum absolute atomic E-state index is 5.23. The van der Waals surface area contributed by atoms with Crippen molar-refractivity contribution in [2.24, 2.45) is 0 Å². The molecule has 3 aromatic rings. The zero-order chi connectivity index (χ0) is 10.8. The van der Waals surface area contributed by atoms with Crippen molar-refractivity contribution >= 4 is 11.5 Å². The highest BCUT2D eigenvalue weighted by molar-refractivity contribution is 5.62. The van der Waals surface area contributed by atoms with Crippen LogP contribution in [0.5, 0.6) is 0 Å². The van der Waals surface area contributed by atoms with Gasteiger partial charge in [-0.3, -0.25) is 0 Å². The Bertz CT molecular complexity index is 585. The van der Waals surface area contributed by atoms with Crippen molar-refractivity contribution in [3.8, 4) is 0 Å². The van der Waals surface area contributed by atoms with Gasteiger partial charge in [-0.15, -0.1) is 0 Å². The first kappa shape index (κ1) is 8.96. The second-order valence-corrected chi connectivity index (χ2v) is 3.37. The molecular formula is C11H10N4O. The van der Waals surface area contributed by atoms with E-state index in [1.807, 2.05) is 28.9 Å². The third kappa shape index (κ3) is 1.52. The van der Waals surface area contributed by atoms with Crippen molar-refractivity contribution in [2.45, 2.75) is 6.54 Å². The molecule has 80 valence electrons. The first-order chi connectivity index (χ1) is 7.93. The molecule has 0 aliphatic heterocycles. The minimum absolute atomic E-state index is 0.604. The molecule has 0 amide bonds. The average molecular weight is 214 g/mol. The van der Waals surface area contributed by atoms with Gasteiger partial charge in [0, 0.05) is 24.8 Å². The highest BCUT2D eigenvalue weighted by Crippen LogP contribution is 2.12. The van der Waals surface area contributed by atoms with Crippen molar-refractivity contribution in [3.05, 3.63) is 48.9 Å². The summed E-state index contributed by atoms with van der Waals surface area (Å²) in [7, 11) is 0. The Labute approximate surface area is 91.8 Å². The Balaban J connectivity index is 1.86. The molecule has 0 atom stereocenters. The van der Waals surface area contributed by atoms with Gasteiger partial charge in [0.1, 0.15) is 5.76 Å². The summed E-state index contributed by atoms with van der Waals surface area (Å²) in [6, 6.07) is 3.78. The monoisotopic (exact) mass is 214 g/mol. The lowest BCUT2D eigenvalue weighted by atomic mass is 10.4. The molecule has 3 heterocycles. The summed E-state index contributed by atoms with van der Waals surface area (Å²) in [6.07, 6.45) is 8.88. The standard InChI is InChI=1S/C11H10N4O/c1-2-9(16-7-1)8-14-10-11-13-4-6-15(11)5-3-12-10/h1-7H,8H2,(H,12,14). The van der Waals surface area contributed by atoms with Gasteiger partial charge in [-0.2, -0.15) is 0 Å². The summed E-state index contributed by atoms with van der Waals surface area (Å²) in [5, 5.41) is 3.19. The van der Waals surface area contributed by atoms with Crippen LogP contribution in [0.15, 0.2) is 47.6 Å². The lowest BCUT2D eigenvalue weighted by Crippen LogP contribution is -2.02. The highest BCUT2D eigenvalue weighted by atomic mass is 16.3. The SMILES string of the molecule is c1coc(CNc2nccn3ccnc23)c1. The summed E-state index contributed by atoms with van der Waals surface area (Å²) in [5.41, 5.74) is 0.814.